The van der Waals surface area contributed by atoms with Gasteiger partial charge in [0.2, 0.25) is 5.91 Å². The number of halogens is 2. The fourth-order valence-corrected chi connectivity index (χ4v) is 3.22. The van der Waals surface area contributed by atoms with Gasteiger partial charge in [0.25, 0.3) is 0 Å². The summed E-state index contributed by atoms with van der Waals surface area (Å²) in [6, 6.07) is 4.93. The van der Waals surface area contributed by atoms with E-state index in [0.717, 1.165) is 19.3 Å². The molecular formula is C14H18Cl2N2O2. The zero-order valence-electron chi connectivity index (χ0n) is 11.0. The van der Waals surface area contributed by atoms with Crippen LogP contribution in [0.3, 0.4) is 0 Å². The van der Waals surface area contributed by atoms with Crippen molar-refractivity contribution >= 4 is 29.1 Å². The van der Waals surface area contributed by atoms with E-state index in [0.29, 0.717) is 15.6 Å². The van der Waals surface area contributed by atoms with Gasteiger partial charge in [0.15, 0.2) is 0 Å². The minimum atomic E-state index is -0.933. The van der Waals surface area contributed by atoms with Crippen LogP contribution in [0.4, 0.5) is 0 Å². The van der Waals surface area contributed by atoms with Crippen molar-refractivity contribution in [2.24, 2.45) is 11.7 Å². The number of aliphatic hydroxyl groups excluding tert-OH is 1. The molecule has 1 fully saturated rings. The predicted molar refractivity (Wildman–Crippen MR) is 79.7 cm³/mol. The minimum Gasteiger partial charge on any atom is -0.386 e. The SMILES string of the molecule is N[C@@H]1CCC[C@@H]1C(=O)NC[C@@H](O)c1c(Cl)cccc1Cl. The molecule has 110 valence electrons. The highest BCUT2D eigenvalue weighted by Crippen LogP contribution is 2.30. The Balaban J connectivity index is 1.95. The molecule has 0 aromatic heterocycles. The average molecular weight is 317 g/mol. The number of hydrogen-bond donors (Lipinski definition) is 3. The van der Waals surface area contributed by atoms with Crippen molar-refractivity contribution in [3.8, 4) is 0 Å². The summed E-state index contributed by atoms with van der Waals surface area (Å²) in [5.74, 6) is -0.277. The van der Waals surface area contributed by atoms with Crippen molar-refractivity contribution in [1.82, 2.24) is 5.32 Å². The van der Waals surface area contributed by atoms with Crippen LogP contribution in [-0.4, -0.2) is 23.6 Å². The van der Waals surface area contributed by atoms with Gasteiger partial charge in [-0.3, -0.25) is 4.79 Å². The Morgan fingerprint density at radius 3 is 2.60 bits per heavy atom. The maximum Gasteiger partial charge on any atom is 0.224 e. The Morgan fingerprint density at radius 2 is 2.05 bits per heavy atom. The van der Waals surface area contributed by atoms with Crippen LogP contribution in [0.15, 0.2) is 18.2 Å². The van der Waals surface area contributed by atoms with Crippen LogP contribution in [0.5, 0.6) is 0 Å². The van der Waals surface area contributed by atoms with Gasteiger partial charge >= 0.3 is 0 Å². The van der Waals surface area contributed by atoms with Gasteiger partial charge in [0.1, 0.15) is 0 Å². The lowest BCUT2D eigenvalue weighted by Gasteiger charge is -2.18. The Hall–Kier alpha value is -0.810. The summed E-state index contributed by atoms with van der Waals surface area (Å²) in [4.78, 5) is 12.0. The Morgan fingerprint density at radius 1 is 1.40 bits per heavy atom. The highest BCUT2D eigenvalue weighted by Gasteiger charge is 2.30. The van der Waals surface area contributed by atoms with Crippen LogP contribution in [0.25, 0.3) is 0 Å². The lowest BCUT2D eigenvalue weighted by Crippen LogP contribution is -2.40. The molecule has 2 rings (SSSR count). The molecule has 0 heterocycles. The van der Waals surface area contributed by atoms with Gasteiger partial charge in [-0.05, 0) is 25.0 Å². The molecule has 1 aromatic carbocycles. The molecule has 1 saturated carbocycles. The second-order valence-corrected chi connectivity index (χ2v) is 5.91. The lowest BCUT2D eigenvalue weighted by atomic mass is 10.0. The summed E-state index contributed by atoms with van der Waals surface area (Å²) in [6.45, 7) is 0.0749. The predicted octanol–water partition coefficient (Wildman–Crippen LogP) is 2.27. The molecule has 0 bridgehead atoms. The van der Waals surface area contributed by atoms with Crippen LogP contribution >= 0.6 is 23.2 Å². The Bertz CT molecular complexity index is 476. The van der Waals surface area contributed by atoms with E-state index in [-0.39, 0.29) is 24.4 Å². The third-order valence-electron chi connectivity index (χ3n) is 3.71. The van der Waals surface area contributed by atoms with Gasteiger partial charge < -0.3 is 16.2 Å². The van der Waals surface area contributed by atoms with Gasteiger partial charge in [-0.25, -0.2) is 0 Å². The van der Waals surface area contributed by atoms with Crippen LogP contribution in [-0.2, 0) is 4.79 Å². The number of carbonyl (C=O) groups is 1. The molecule has 4 nitrogen and oxygen atoms in total. The second kappa shape index (κ2) is 6.76. The molecule has 1 amide bonds. The minimum absolute atomic E-state index is 0.0749. The number of aliphatic hydroxyl groups is 1. The first-order valence-corrected chi connectivity index (χ1v) is 7.41. The second-order valence-electron chi connectivity index (χ2n) is 5.10. The van der Waals surface area contributed by atoms with Gasteiger partial charge in [0, 0.05) is 28.2 Å². The number of nitrogens with two attached hydrogens (primary N) is 1. The summed E-state index contributed by atoms with van der Waals surface area (Å²) in [7, 11) is 0. The molecular weight excluding hydrogens is 299 g/mol. The molecule has 0 unspecified atom stereocenters. The van der Waals surface area contributed by atoms with Crippen molar-refractivity contribution in [3.63, 3.8) is 0 Å². The molecule has 0 radical (unpaired) electrons. The maximum absolute atomic E-state index is 12.0. The largest absolute Gasteiger partial charge is 0.386 e. The summed E-state index contributed by atoms with van der Waals surface area (Å²) in [5.41, 5.74) is 6.32. The smallest absolute Gasteiger partial charge is 0.224 e. The summed E-state index contributed by atoms with van der Waals surface area (Å²) in [5, 5.41) is 13.6. The number of nitrogens with one attached hydrogen (secondary N) is 1. The van der Waals surface area contributed by atoms with Gasteiger partial charge in [-0.15, -0.1) is 0 Å². The van der Waals surface area contributed by atoms with Crippen molar-refractivity contribution in [3.05, 3.63) is 33.8 Å². The number of amides is 1. The van der Waals surface area contributed by atoms with Gasteiger partial charge in [0.05, 0.1) is 12.0 Å². The van der Waals surface area contributed by atoms with E-state index in [1.807, 2.05) is 0 Å². The third kappa shape index (κ3) is 3.44. The summed E-state index contributed by atoms with van der Waals surface area (Å²) >= 11 is 12.0. The molecule has 1 aromatic rings. The zero-order chi connectivity index (χ0) is 14.7. The molecule has 0 aliphatic heterocycles. The van der Waals surface area contributed by atoms with Crippen LogP contribution in [0, 0.1) is 5.92 Å². The van der Waals surface area contributed by atoms with Crippen molar-refractivity contribution in [2.75, 3.05) is 6.54 Å². The van der Waals surface area contributed by atoms with Crippen LogP contribution in [0.1, 0.15) is 30.9 Å². The molecule has 0 saturated heterocycles. The number of rotatable bonds is 4. The van der Waals surface area contributed by atoms with Crippen molar-refractivity contribution in [1.29, 1.82) is 0 Å². The van der Waals surface area contributed by atoms with E-state index in [1.165, 1.54) is 0 Å². The monoisotopic (exact) mass is 316 g/mol. The normalized spacial score (nSPS) is 23.6. The van der Waals surface area contributed by atoms with E-state index in [9.17, 15) is 9.90 Å². The average Bonchev–Trinajstić information content (AvgIpc) is 2.82. The molecule has 1 aliphatic rings. The summed E-state index contributed by atoms with van der Waals surface area (Å²) < 4.78 is 0. The van der Waals surface area contributed by atoms with Gasteiger partial charge in [-0.1, -0.05) is 35.7 Å². The van der Waals surface area contributed by atoms with Crippen molar-refractivity contribution < 1.29 is 9.90 Å². The quantitative estimate of drug-likeness (QED) is 0.797. The van der Waals surface area contributed by atoms with Crippen molar-refractivity contribution in [2.45, 2.75) is 31.4 Å². The van der Waals surface area contributed by atoms with E-state index < -0.39 is 6.10 Å². The molecule has 6 heteroatoms. The molecule has 1 aliphatic carbocycles. The highest BCUT2D eigenvalue weighted by atomic mass is 35.5. The van der Waals surface area contributed by atoms with E-state index >= 15 is 0 Å². The number of benzene rings is 1. The highest BCUT2D eigenvalue weighted by molar-refractivity contribution is 6.36. The van der Waals surface area contributed by atoms with Crippen LogP contribution < -0.4 is 11.1 Å². The number of carbonyl (C=O) groups excluding carboxylic acids is 1. The Kier molecular flexibility index (Phi) is 5.27. The van der Waals surface area contributed by atoms with Crippen LogP contribution in [0.2, 0.25) is 10.0 Å². The molecule has 20 heavy (non-hydrogen) atoms. The molecule has 0 spiro atoms. The fraction of sp³-hybridized carbons (Fsp3) is 0.500. The maximum atomic E-state index is 12.0. The Labute approximate surface area is 128 Å². The zero-order valence-corrected chi connectivity index (χ0v) is 12.5. The summed E-state index contributed by atoms with van der Waals surface area (Å²) in [6.07, 6.45) is 1.71. The fourth-order valence-electron chi connectivity index (χ4n) is 2.57. The first-order chi connectivity index (χ1) is 9.50. The molecule has 3 atom stereocenters. The topological polar surface area (TPSA) is 75.4 Å². The first-order valence-electron chi connectivity index (χ1n) is 6.66. The van der Waals surface area contributed by atoms with E-state index in [2.05, 4.69) is 5.32 Å². The standard InChI is InChI=1S/C14H18Cl2N2O2/c15-9-4-2-5-10(16)13(9)12(19)7-18-14(20)8-3-1-6-11(8)17/h2,4-5,8,11-12,19H,1,3,6-7,17H2,(H,18,20)/t8-,11+,12+/m0/s1. The lowest BCUT2D eigenvalue weighted by molar-refractivity contribution is -0.125. The first kappa shape index (κ1) is 15.6. The van der Waals surface area contributed by atoms with E-state index in [1.54, 1.807) is 18.2 Å². The van der Waals surface area contributed by atoms with E-state index in [4.69, 9.17) is 28.9 Å². The number of hydrogen-bond acceptors (Lipinski definition) is 3. The van der Waals surface area contributed by atoms with Gasteiger partial charge in [-0.2, -0.15) is 0 Å². The molecule has 4 N–H and O–H groups in total. The third-order valence-corrected chi connectivity index (χ3v) is 4.37.